The maximum absolute atomic E-state index is 4.78. The van der Waals surface area contributed by atoms with Gasteiger partial charge >= 0.3 is 0 Å². The van der Waals surface area contributed by atoms with E-state index in [2.05, 4.69) is 31.9 Å². The van der Waals surface area contributed by atoms with Crippen LogP contribution in [0.2, 0.25) is 0 Å². The summed E-state index contributed by atoms with van der Waals surface area (Å²) in [6.07, 6.45) is 7.52. The number of hydrogen-bond donors (Lipinski definition) is 1. The highest BCUT2D eigenvalue weighted by Crippen LogP contribution is 2.28. The lowest BCUT2D eigenvalue weighted by atomic mass is 10.0. The summed E-state index contributed by atoms with van der Waals surface area (Å²) in [6, 6.07) is 2.05. The smallest absolute Gasteiger partial charge is 0.225 e. The minimum Gasteiger partial charge on any atom is -0.341 e. The van der Waals surface area contributed by atoms with Gasteiger partial charge in [0.15, 0.2) is 0 Å². The molecule has 122 valence electrons. The molecule has 4 rings (SSSR count). The number of likely N-dealkylation sites (tertiary alicyclic amines) is 1. The van der Waals surface area contributed by atoms with Crippen LogP contribution >= 0.6 is 0 Å². The van der Waals surface area contributed by atoms with Crippen LogP contribution in [0.15, 0.2) is 18.5 Å². The van der Waals surface area contributed by atoms with Gasteiger partial charge in [0.05, 0.1) is 11.9 Å². The fourth-order valence-electron chi connectivity index (χ4n) is 3.75. The van der Waals surface area contributed by atoms with Crippen molar-refractivity contribution in [3.63, 3.8) is 0 Å². The third kappa shape index (κ3) is 3.08. The highest BCUT2D eigenvalue weighted by Gasteiger charge is 2.26. The van der Waals surface area contributed by atoms with Crippen LogP contribution in [0, 0.1) is 6.92 Å². The van der Waals surface area contributed by atoms with Crippen molar-refractivity contribution >= 4 is 5.95 Å². The van der Waals surface area contributed by atoms with Gasteiger partial charge in [-0.3, -0.25) is 10.00 Å². The number of rotatable bonds is 4. The van der Waals surface area contributed by atoms with Crippen molar-refractivity contribution in [1.29, 1.82) is 0 Å². The standard InChI is InChI=1S/C17H24N6/c1-13-10-19-21-16(13)14-5-9-22(11-14)12-15-4-6-18-17(20-15)23-7-2-3-8-23/h4,6,10,14H,2-3,5,7-9,11-12H2,1H3,(H,19,21)/t14-/m1/s1. The number of nitrogens with one attached hydrogen (secondary N) is 1. The first-order chi connectivity index (χ1) is 11.3. The molecule has 2 saturated heterocycles. The van der Waals surface area contributed by atoms with E-state index in [0.29, 0.717) is 5.92 Å². The van der Waals surface area contributed by atoms with Gasteiger partial charge in [0.2, 0.25) is 5.95 Å². The lowest BCUT2D eigenvalue weighted by Gasteiger charge is -2.18. The van der Waals surface area contributed by atoms with Crippen LogP contribution in [0.4, 0.5) is 5.95 Å². The average molecular weight is 312 g/mol. The molecule has 0 amide bonds. The van der Waals surface area contributed by atoms with Crippen LogP contribution in [0.5, 0.6) is 0 Å². The van der Waals surface area contributed by atoms with Crippen LogP contribution < -0.4 is 4.90 Å². The zero-order chi connectivity index (χ0) is 15.6. The molecule has 4 heterocycles. The van der Waals surface area contributed by atoms with Crippen LogP contribution in [-0.4, -0.2) is 51.2 Å². The van der Waals surface area contributed by atoms with Crippen molar-refractivity contribution in [2.24, 2.45) is 0 Å². The van der Waals surface area contributed by atoms with Crippen molar-refractivity contribution in [2.75, 3.05) is 31.1 Å². The van der Waals surface area contributed by atoms with Crippen LogP contribution in [-0.2, 0) is 6.54 Å². The Kier molecular flexibility index (Phi) is 3.99. The second-order valence-electron chi connectivity index (χ2n) is 6.73. The Balaban J connectivity index is 1.41. The maximum atomic E-state index is 4.78. The molecule has 1 N–H and O–H groups in total. The summed E-state index contributed by atoms with van der Waals surface area (Å²) < 4.78 is 0. The van der Waals surface area contributed by atoms with E-state index >= 15 is 0 Å². The fraction of sp³-hybridized carbons (Fsp3) is 0.588. The van der Waals surface area contributed by atoms with E-state index in [-0.39, 0.29) is 0 Å². The van der Waals surface area contributed by atoms with Gasteiger partial charge in [0.1, 0.15) is 0 Å². The quantitative estimate of drug-likeness (QED) is 0.937. The third-order valence-corrected chi connectivity index (χ3v) is 5.02. The maximum Gasteiger partial charge on any atom is 0.225 e. The Morgan fingerprint density at radius 1 is 1.26 bits per heavy atom. The molecule has 0 bridgehead atoms. The minimum absolute atomic E-state index is 0.567. The second kappa shape index (κ2) is 6.28. The Hall–Kier alpha value is -1.95. The summed E-state index contributed by atoms with van der Waals surface area (Å²) >= 11 is 0. The molecule has 0 unspecified atom stereocenters. The number of hydrogen-bond acceptors (Lipinski definition) is 5. The van der Waals surface area contributed by atoms with Crippen LogP contribution in [0.1, 0.15) is 42.1 Å². The van der Waals surface area contributed by atoms with Crippen LogP contribution in [0.25, 0.3) is 0 Å². The molecule has 0 spiro atoms. The summed E-state index contributed by atoms with van der Waals surface area (Å²) in [5.41, 5.74) is 3.70. The number of aromatic nitrogens is 4. The van der Waals surface area contributed by atoms with Crippen molar-refractivity contribution in [1.82, 2.24) is 25.1 Å². The summed E-state index contributed by atoms with van der Waals surface area (Å²) in [5, 5.41) is 7.33. The van der Waals surface area contributed by atoms with Crippen molar-refractivity contribution in [2.45, 2.75) is 38.6 Å². The zero-order valence-electron chi connectivity index (χ0n) is 13.7. The third-order valence-electron chi connectivity index (χ3n) is 5.02. The highest BCUT2D eigenvalue weighted by molar-refractivity contribution is 5.31. The normalized spacial score (nSPS) is 22.1. The topological polar surface area (TPSA) is 60.9 Å². The van der Waals surface area contributed by atoms with Gasteiger partial charge in [-0.1, -0.05) is 0 Å². The van der Waals surface area contributed by atoms with E-state index in [4.69, 9.17) is 4.98 Å². The molecule has 2 aromatic heterocycles. The van der Waals surface area contributed by atoms with E-state index in [9.17, 15) is 0 Å². The van der Waals surface area contributed by atoms with Gasteiger partial charge in [0.25, 0.3) is 0 Å². The largest absolute Gasteiger partial charge is 0.341 e. The van der Waals surface area contributed by atoms with Crippen LogP contribution in [0.3, 0.4) is 0 Å². The van der Waals surface area contributed by atoms with Gasteiger partial charge in [-0.15, -0.1) is 0 Å². The van der Waals surface area contributed by atoms with Crippen molar-refractivity contribution < 1.29 is 0 Å². The molecule has 2 fully saturated rings. The zero-order valence-corrected chi connectivity index (χ0v) is 13.7. The number of nitrogens with zero attached hydrogens (tertiary/aromatic N) is 5. The molecule has 0 radical (unpaired) electrons. The van der Waals surface area contributed by atoms with Gasteiger partial charge < -0.3 is 4.90 Å². The Morgan fingerprint density at radius 3 is 2.91 bits per heavy atom. The van der Waals surface area contributed by atoms with E-state index in [1.54, 1.807) is 0 Å². The van der Waals surface area contributed by atoms with Gasteiger partial charge in [0, 0.05) is 44.0 Å². The van der Waals surface area contributed by atoms with Crippen molar-refractivity contribution in [3.05, 3.63) is 35.4 Å². The molecule has 0 aliphatic carbocycles. The molecule has 1 atom stereocenters. The molecule has 23 heavy (non-hydrogen) atoms. The number of H-pyrrole nitrogens is 1. The van der Waals surface area contributed by atoms with E-state index in [1.807, 2.05) is 18.5 Å². The number of aryl methyl sites for hydroxylation is 1. The predicted octanol–water partition coefficient (Wildman–Crippen LogP) is 2.10. The molecule has 0 aromatic carbocycles. The number of aromatic amines is 1. The van der Waals surface area contributed by atoms with Gasteiger partial charge in [-0.05, 0) is 44.4 Å². The lowest BCUT2D eigenvalue weighted by molar-refractivity contribution is 0.322. The van der Waals surface area contributed by atoms with Crippen molar-refractivity contribution in [3.8, 4) is 0 Å². The monoisotopic (exact) mass is 312 g/mol. The molecule has 2 aromatic rings. The molecule has 6 nitrogen and oxygen atoms in total. The molecular weight excluding hydrogens is 288 g/mol. The highest BCUT2D eigenvalue weighted by atomic mass is 15.3. The molecule has 0 saturated carbocycles. The Bertz CT molecular complexity index is 661. The first-order valence-electron chi connectivity index (χ1n) is 8.58. The molecule has 6 heteroatoms. The average Bonchev–Trinajstić information content (AvgIpc) is 3.28. The fourth-order valence-corrected chi connectivity index (χ4v) is 3.75. The number of anilines is 1. The lowest BCUT2D eigenvalue weighted by Crippen LogP contribution is -2.23. The predicted molar refractivity (Wildman–Crippen MR) is 89.4 cm³/mol. The summed E-state index contributed by atoms with van der Waals surface area (Å²) in [5.74, 6) is 1.47. The molecule has 2 aliphatic rings. The summed E-state index contributed by atoms with van der Waals surface area (Å²) in [4.78, 5) is 14.0. The Morgan fingerprint density at radius 2 is 2.13 bits per heavy atom. The summed E-state index contributed by atoms with van der Waals surface area (Å²) in [6.45, 7) is 7.42. The molecular formula is C17H24N6. The summed E-state index contributed by atoms with van der Waals surface area (Å²) in [7, 11) is 0. The van der Waals surface area contributed by atoms with Gasteiger partial charge in [-0.2, -0.15) is 5.10 Å². The van der Waals surface area contributed by atoms with E-state index < -0.39 is 0 Å². The first-order valence-corrected chi connectivity index (χ1v) is 8.58. The minimum atomic E-state index is 0.567. The van der Waals surface area contributed by atoms with E-state index in [1.165, 1.54) is 30.5 Å². The molecule has 2 aliphatic heterocycles. The first kappa shape index (κ1) is 14.6. The van der Waals surface area contributed by atoms with E-state index in [0.717, 1.165) is 44.4 Å². The van der Waals surface area contributed by atoms with Gasteiger partial charge in [-0.25, -0.2) is 9.97 Å². The SMILES string of the molecule is Cc1cn[nH]c1[C@@H]1CCN(Cc2ccnc(N3CCCC3)n2)C1. The Labute approximate surface area is 136 Å². The second-order valence-corrected chi connectivity index (χ2v) is 6.73.